The van der Waals surface area contributed by atoms with Gasteiger partial charge in [-0.2, -0.15) is 0 Å². The van der Waals surface area contributed by atoms with Crippen LogP contribution in [0.3, 0.4) is 0 Å². The van der Waals surface area contributed by atoms with Crippen molar-refractivity contribution in [2.24, 2.45) is 0 Å². The molecule has 5 rings (SSSR count). The molecule has 0 amide bonds. The van der Waals surface area contributed by atoms with Gasteiger partial charge in [0.15, 0.2) is 5.82 Å². The van der Waals surface area contributed by atoms with Crippen molar-refractivity contribution in [2.45, 2.75) is 0 Å². The van der Waals surface area contributed by atoms with Crippen LogP contribution in [0.5, 0.6) is 0 Å². The Bertz CT molecular complexity index is 1040. The summed E-state index contributed by atoms with van der Waals surface area (Å²) in [5.41, 5.74) is 3.13. The second kappa shape index (κ2) is 4.21. The molecule has 5 aromatic rings. The lowest BCUT2D eigenvalue weighted by molar-refractivity contribution is 1.28. The van der Waals surface area contributed by atoms with E-state index < -0.39 is 0 Å². The highest BCUT2D eigenvalue weighted by atomic mass is 14.9. The molecule has 0 spiro atoms. The van der Waals surface area contributed by atoms with Gasteiger partial charge in [-0.1, -0.05) is 48.5 Å². The average molecular weight is 283 g/mol. The molecule has 0 saturated heterocycles. The summed E-state index contributed by atoms with van der Waals surface area (Å²) < 4.78 is 0. The molecule has 0 unspecified atom stereocenters. The van der Waals surface area contributed by atoms with Gasteiger partial charge in [-0.3, -0.25) is 0 Å². The van der Waals surface area contributed by atoms with Crippen molar-refractivity contribution < 1.29 is 0 Å². The first kappa shape index (κ1) is 11.6. The van der Waals surface area contributed by atoms with E-state index in [1.807, 2.05) is 18.3 Å². The van der Waals surface area contributed by atoms with E-state index in [4.69, 9.17) is 4.98 Å². The number of aromatic amines is 2. The second-order valence-electron chi connectivity index (χ2n) is 5.48. The van der Waals surface area contributed by atoms with Crippen molar-refractivity contribution in [3.05, 3.63) is 66.9 Å². The van der Waals surface area contributed by atoms with Gasteiger partial charge in [-0.15, -0.1) is 0 Å². The van der Waals surface area contributed by atoms with Crippen molar-refractivity contribution in [2.75, 3.05) is 0 Å². The first-order chi connectivity index (χ1) is 10.9. The highest BCUT2D eigenvalue weighted by Crippen LogP contribution is 2.34. The van der Waals surface area contributed by atoms with Gasteiger partial charge in [0.1, 0.15) is 0 Å². The molecule has 0 aliphatic rings. The fraction of sp³-hybridized carbons (Fsp3) is 0. The number of fused-ring (bicyclic) bond motifs is 6. The molecule has 2 heterocycles. The predicted molar refractivity (Wildman–Crippen MR) is 90.9 cm³/mol. The Morgan fingerprint density at radius 1 is 0.682 bits per heavy atom. The minimum atomic E-state index is 0.876. The minimum Gasteiger partial charge on any atom is -0.359 e. The van der Waals surface area contributed by atoms with Gasteiger partial charge in [0.05, 0.1) is 16.7 Å². The summed E-state index contributed by atoms with van der Waals surface area (Å²) in [6.07, 6.45) is 1.92. The summed E-state index contributed by atoms with van der Waals surface area (Å²) in [6, 6.07) is 21.0. The largest absolute Gasteiger partial charge is 0.359 e. The molecule has 0 aliphatic heterocycles. The molecule has 104 valence electrons. The van der Waals surface area contributed by atoms with E-state index in [1.54, 1.807) is 0 Å². The summed E-state index contributed by atoms with van der Waals surface area (Å²) in [5.74, 6) is 0.876. The van der Waals surface area contributed by atoms with Crippen LogP contribution in [-0.4, -0.2) is 15.0 Å². The summed E-state index contributed by atoms with van der Waals surface area (Å²) in [4.78, 5) is 11.6. The van der Waals surface area contributed by atoms with Crippen LogP contribution >= 0.6 is 0 Å². The molecular weight excluding hydrogens is 270 g/mol. The van der Waals surface area contributed by atoms with Crippen LogP contribution in [0.4, 0.5) is 0 Å². The van der Waals surface area contributed by atoms with Crippen molar-refractivity contribution >= 4 is 32.6 Å². The van der Waals surface area contributed by atoms with E-state index in [0.717, 1.165) is 22.6 Å². The Kier molecular flexibility index (Phi) is 2.22. The zero-order valence-corrected chi connectivity index (χ0v) is 11.8. The number of H-pyrrole nitrogens is 2. The first-order valence-electron chi connectivity index (χ1n) is 7.35. The maximum Gasteiger partial charge on any atom is 0.155 e. The maximum atomic E-state index is 4.85. The average Bonchev–Trinajstić information content (AvgIpc) is 3.24. The molecule has 3 heteroatoms. The van der Waals surface area contributed by atoms with Crippen LogP contribution in [0, 0.1) is 0 Å². The number of aromatic nitrogens is 3. The molecule has 2 N–H and O–H groups in total. The number of imidazole rings is 1. The molecule has 0 atom stereocenters. The maximum absolute atomic E-state index is 4.85. The molecule has 0 bridgehead atoms. The van der Waals surface area contributed by atoms with Crippen molar-refractivity contribution in [3.63, 3.8) is 0 Å². The molecule has 0 saturated carbocycles. The third-order valence-electron chi connectivity index (χ3n) is 4.23. The Morgan fingerprint density at radius 3 is 2.09 bits per heavy atom. The van der Waals surface area contributed by atoms with Crippen molar-refractivity contribution in [3.8, 4) is 11.5 Å². The van der Waals surface area contributed by atoms with E-state index in [1.165, 1.54) is 21.5 Å². The van der Waals surface area contributed by atoms with E-state index in [-0.39, 0.29) is 0 Å². The van der Waals surface area contributed by atoms with E-state index in [9.17, 15) is 0 Å². The van der Waals surface area contributed by atoms with Crippen LogP contribution < -0.4 is 0 Å². The molecular formula is C19H13N3. The van der Waals surface area contributed by atoms with Crippen LogP contribution in [0.25, 0.3) is 44.1 Å². The van der Waals surface area contributed by atoms with E-state index in [0.29, 0.717) is 0 Å². The molecule has 2 aromatic heterocycles. The molecule has 3 nitrogen and oxygen atoms in total. The topological polar surface area (TPSA) is 44.5 Å². The summed E-state index contributed by atoms with van der Waals surface area (Å²) in [5, 5.41) is 4.90. The third-order valence-corrected chi connectivity index (χ3v) is 4.23. The highest BCUT2D eigenvalue weighted by Gasteiger charge is 2.13. The second-order valence-corrected chi connectivity index (χ2v) is 5.48. The van der Waals surface area contributed by atoms with Gasteiger partial charge < -0.3 is 9.97 Å². The molecule has 22 heavy (non-hydrogen) atoms. The fourth-order valence-corrected chi connectivity index (χ4v) is 3.23. The number of hydrogen-bond donors (Lipinski definition) is 2. The monoisotopic (exact) mass is 283 g/mol. The first-order valence-corrected chi connectivity index (χ1v) is 7.35. The van der Waals surface area contributed by atoms with Crippen molar-refractivity contribution in [1.82, 2.24) is 15.0 Å². The van der Waals surface area contributed by atoms with Crippen LogP contribution in [-0.2, 0) is 0 Å². The van der Waals surface area contributed by atoms with Gasteiger partial charge in [0.2, 0.25) is 0 Å². The number of hydrogen-bond acceptors (Lipinski definition) is 1. The third kappa shape index (κ3) is 1.48. The SMILES string of the molecule is c1c[nH]c(-c2nc3c4ccccc4c4ccccc4c3[nH]2)c1. The lowest BCUT2D eigenvalue weighted by Crippen LogP contribution is -1.81. The van der Waals surface area contributed by atoms with Gasteiger partial charge in [0.25, 0.3) is 0 Å². The summed E-state index contributed by atoms with van der Waals surface area (Å²) in [7, 11) is 0. The van der Waals surface area contributed by atoms with Gasteiger partial charge >= 0.3 is 0 Å². The lowest BCUT2D eigenvalue weighted by atomic mass is 10.0. The quantitative estimate of drug-likeness (QED) is 0.424. The zero-order valence-electron chi connectivity index (χ0n) is 11.8. The van der Waals surface area contributed by atoms with Gasteiger partial charge in [-0.05, 0) is 22.9 Å². The summed E-state index contributed by atoms with van der Waals surface area (Å²) in [6.45, 7) is 0. The normalized spacial score (nSPS) is 11.6. The number of nitrogens with zero attached hydrogens (tertiary/aromatic N) is 1. The fourth-order valence-electron chi connectivity index (χ4n) is 3.23. The van der Waals surface area contributed by atoms with Crippen LogP contribution in [0.2, 0.25) is 0 Å². The zero-order chi connectivity index (χ0) is 14.5. The molecule has 0 aliphatic carbocycles. The minimum absolute atomic E-state index is 0.876. The Balaban J connectivity index is 2.03. The number of nitrogens with one attached hydrogen (secondary N) is 2. The van der Waals surface area contributed by atoms with Crippen LogP contribution in [0.1, 0.15) is 0 Å². The predicted octanol–water partition coefficient (Wildman–Crippen LogP) is 4.86. The molecule has 0 fully saturated rings. The standard InChI is InChI=1S/C19H13N3/c1-3-8-14-12(6-1)13-7-2-4-9-15(13)18-17(14)21-19(22-18)16-10-5-11-20-16/h1-11,20H,(H,21,22). The Morgan fingerprint density at radius 2 is 1.36 bits per heavy atom. The van der Waals surface area contributed by atoms with Gasteiger partial charge in [-0.25, -0.2) is 4.98 Å². The summed E-state index contributed by atoms with van der Waals surface area (Å²) >= 11 is 0. The van der Waals surface area contributed by atoms with E-state index >= 15 is 0 Å². The number of rotatable bonds is 1. The Labute approximate surface area is 126 Å². The molecule has 0 radical (unpaired) electrons. The lowest BCUT2D eigenvalue weighted by Gasteiger charge is -2.05. The van der Waals surface area contributed by atoms with Crippen LogP contribution in [0.15, 0.2) is 66.9 Å². The van der Waals surface area contributed by atoms with E-state index in [2.05, 4.69) is 58.5 Å². The molecule has 3 aromatic carbocycles. The Hall–Kier alpha value is -3.07. The smallest absolute Gasteiger partial charge is 0.155 e. The highest BCUT2D eigenvalue weighted by molar-refractivity contribution is 6.23. The van der Waals surface area contributed by atoms with Crippen molar-refractivity contribution in [1.29, 1.82) is 0 Å². The number of benzene rings is 3. The van der Waals surface area contributed by atoms with Gasteiger partial charge in [0, 0.05) is 17.0 Å².